The zero-order valence-corrected chi connectivity index (χ0v) is 43.9. The summed E-state index contributed by atoms with van der Waals surface area (Å²) in [6.45, 7) is 8.20. The lowest BCUT2D eigenvalue weighted by Gasteiger charge is -2.43. The summed E-state index contributed by atoms with van der Waals surface area (Å²) in [6, 6.07) is 8.30. The number of carbonyl (C=O) groups excluding carboxylic acids is 4. The van der Waals surface area contributed by atoms with Crippen molar-refractivity contribution in [2.45, 2.75) is 107 Å². The van der Waals surface area contributed by atoms with Crippen molar-refractivity contribution in [3.63, 3.8) is 0 Å². The molecule has 72 heavy (non-hydrogen) atoms. The van der Waals surface area contributed by atoms with Gasteiger partial charge in [-0.3, -0.25) is 29.3 Å². The molecular formula is C50H63F3N8O9S2. The number of ether oxygens (including phenoxy) is 4. The van der Waals surface area contributed by atoms with Gasteiger partial charge in [-0.2, -0.15) is 13.2 Å². The van der Waals surface area contributed by atoms with Crippen LogP contribution >= 0.6 is 24.4 Å². The number of methoxy groups -OCH3 is 2. The Morgan fingerprint density at radius 1 is 1.12 bits per heavy atom. The first-order valence-electron chi connectivity index (χ1n) is 23.5. The third-order valence-electron chi connectivity index (χ3n) is 13.4. The van der Waals surface area contributed by atoms with E-state index in [-0.39, 0.29) is 80.8 Å². The van der Waals surface area contributed by atoms with Gasteiger partial charge in [-0.15, -0.1) is 24.4 Å². The van der Waals surface area contributed by atoms with Gasteiger partial charge in [0.2, 0.25) is 5.89 Å². The lowest BCUT2D eigenvalue weighted by molar-refractivity contribution is -0.158. The number of hydrazine groups is 1. The minimum atomic E-state index is -4.63. The highest BCUT2D eigenvalue weighted by molar-refractivity contribution is 8.00. The molecule has 2 fully saturated rings. The van der Waals surface area contributed by atoms with Gasteiger partial charge in [0.05, 0.1) is 48.0 Å². The molecule has 17 nitrogen and oxygen atoms in total. The molecule has 0 spiro atoms. The number of thiol groups is 1. The smallest absolute Gasteiger partial charge is 0.406 e. The van der Waals surface area contributed by atoms with Crippen molar-refractivity contribution >= 4 is 59.0 Å². The molecule has 22 heteroatoms. The molecule has 4 aromatic rings. The number of fused-ring (bicyclic) bond motifs is 6. The Labute approximate surface area is 426 Å². The number of oxazole rings is 1. The van der Waals surface area contributed by atoms with Crippen molar-refractivity contribution in [1.82, 2.24) is 40.1 Å². The van der Waals surface area contributed by atoms with Gasteiger partial charge in [-0.05, 0) is 102 Å². The van der Waals surface area contributed by atoms with Crippen molar-refractivity contribution < 1.29 is 55.7 Å². The van der Waals surface area contributed by atoms with E-state index in [0.29, 0.717) is 34.2 Å². The fraction of sp³-hybridized carbons (Fsp3) is 0.560. The predicted molar refractivity (Wildman–Crippen MR) is 267 cm³/mol. The van der Waals surface area contributed by atoms with Crippen molar-refractivity contribution in [3.8, 4) is 34.6 Å². The first kappa shape index (κ1) is 54.6. The maximum Gasteiger partial charge on any atom is 0.406 e. The van der Waals surface area contributed by atoms with Gasteiger partial charge in [-0.25, -0.2) is 15.2 Å². The molecule has 390 valence electrons. The van der Waals surface area contributed by atoms with Crippen LogP contribution in [0.1, 0.15) is 70.5 Å². The number of alkyl halides is 3. The molecule has 1 aromatic carbocycles. The van der Waals surface area contributed by atoms with E-state index in [9.17, 15) is 27.6 Å². The summed E-state index contributed by atoms with van der Waals surface area (Å²) in [5.41, 5.74) is 4.22. The fourth-order valence-corrected chi connectivity index (χ4v) is 9.84. The third-order valence-corrected chi connectivity index (χ3v) is 15.1. The number of halogens is 3. The van der Waals surface area contributed by atoms with Crippen LogP contribution < -0.4 is 10.7 Å². The Morgan fingerprint density at radius 2 is 1.86 bits per heavy atom. The Morgan fingerprint density at radius 3 is 2.53 bits per heavy atom. The highest BCUT2D eigenvalue weighted by Gasteiger charge is 2.50. The van der Waals surface area contributed by atoms with Gasteiger partial charge in [-0.1, -0.05) is 19.8 Å². The molecule has 3 aromatic heterocycles. The quantitative estimate of drug-likeness (QED) is 0.0669. The monoisotopic (exact) mass is 1040 g/mol. The van der Waals surface area contributed by atoms with E-state index in [0.717, 1.165) is 11.8 Å². The van der Waals surface area contributed by atoms with Crippen LogP contribution in [-0.4, -0.2) is 154 Å². The molecule has 7 rings (SSSR count). The topological polar surface area (TPSA) is 183 Å². The van der Waals surface area contributed by atoms with Gasteiger partial charge in [0.1, 0.15) is 12.8 Å². The van der Waals surface area contributed by atoms with Crippen LogP contribution in [0.3, 0.4) is 0 Å². The predicted octanol–water partition coefficient (Wildman–Crippen LogP) is 5.81. The SMILES string of the molecule is CO[C@@H](COC1CN(C(=O)C#CC(C)(C)N(C)C)C1)C(=O)N[C@@]1(SC)Cc2coc(n2)-c2ccc3c(c2)c(c(-c2cccnc2[C@H](C)OC)n3CC(F)(F)F)CC(C)(C)COC(=O)[C@@]2(S)CCCN(N2)C1=O. The first-order valence-corrected chi connectivity index (χ1v) is 25.2. The van der Waals surface area contributed by atoms with Gasteiger partial charge in [0.15, 0.2) is 15.8 Å². The maximum absolute atomic E-state index is 15.0. The van der Waals surface area contributed by atoms with E-state index in [1.165, 1.54) is 30.1 Å². The molecule has 3 aliphatic rings. The van der Waals surface area contributed by atoms with Gasteiger partial charge in [0, 0.05) is 73.9 Å². The number of esters is 1. The van der Waals surface area contributed by atoms with Crippen LogP contribution in [0.2, 0.25) is 0 Å². The standard InChI is InChI=1S/C50H63F3N8O9S2/c1-30(66-8)40-34(13-11-19-54-40)41-36-23-46(2,3)29-70-45(65)48(71)17-12-20-61(57-48)44(64)49(72-10,22-32-26-69-43(55-32)31-14-15-37(35(36)21-31)60(41)28-50(51,52)53)56-42(63)38(67-9)27-68-33-24-59(25-33)39(62)16-18-47(4,5)58(6)7/h11,13-15,19,21,26,30,33,38,57,71H,12,17,20,22-25,27-29H2,1-10H3,(H,56,63)/t30-,38-,48-,49+/m0/s1. The zero-order chi connectivity index (χ0) is 52.6. The van der Waals surface area contributed by atoms with Crippen molar-refractivity contribution in [3.05, 3.63) is 59.7 Å². The van der Waals surface area contributed by atoms with E-state index in [2.05, 4.69) is 27.6 Å². The average molecular weight is 1040 g/mol. The number of thioether (sulfide) groups is 1. The van der Waals surface area contributed by atoms with Gasteiger partial charge >= 0.3 is 12.1 Å². The number of amides is 3. The molecule has 6 heterocycles. The summed E-state index contributed by atoms with van der Waals surface area (Å²) in [6.07, 6.45) is -1.88. The molecular weight excluding hydrogens is 978 g/mol. The molecule has 3 amide bonds. The van der Waals surface area contributed by atoms with Crippen LogP contribution in [0, 0.1) is 17.3 Å². The Bertz CT molecular complexity index is 2750. The third kappa shape index (κ3) is 11.8. The molecule has 0 unspecified atom stereocenters. The molecule has 2 N–H and O–H groups in total. The van der Waals surface area contributed by atoms with Crippen LogP contribution in [0.4, 0.5) is 13.2 Å². The van der Waals surface area contributed by atoms with Crippen molar-refractivity contribution in [2.24, 2.45) is 5.41 Å². The minimum absolute atomic E-state index is 0.107. The Hall–Kier alpha value is -5.15. The minimum Gasteiger partial charge on any atom is -0.463 e. The number of likely N-dealkylation sites (tertiary alicyclic amines) is 1. The molecule has 4 atom stereocenters. The van der Waals surface area contributed by atoms with E-state index < -0.39 is 69.5 Å². The van der Waals surface area contributed by atoms with Crippen LogP contribution in [-0.2, 0) is 57.5 Å². The second kappa shape index (κ2) is 21.4. The number of nitrogens with zero attached hydrogens (tertiary/aromatic N) is 6. The van der Waals surface area contributed by atoms with Crippen molar-refractivity contribution in [1.29, 1.82) is 0 Å². The number of aromatic nitrogens is 3. The highest BCUT2D eigenvalue weighted by Crippen LogP contribution is 2.43. The number of pyridine rings is 1. The van der Waals surface area contributed by atoms with E-state index >= 15 is 4.79 Å². The number of nitrogens with one attached hydrogen (secondary N) is 2. The first-order chi connectivity index (χ1) is 33.8. The van der Waals surface area contributed by atoms with E-state index in [4.69, 9.17) is 41.0 Å². The Balaban J connectivity index is 1.26. The maximum atomic E-state index is 15.0. The van der Waals surface area contributed by atoms with Crippen LogP contribution in [0.25, 0.3) is 33.6 Å². The van der Waals surface area contributed by atoms with Crippen LogP contribution in [0.5, 0.6) is 0 Å². The molecule has 0 aliphatic carbocycles. The Kier molecular flexibility index (Phi) is 16.2. The zero-order valence-electron chi connectivity index (χ0n) is 42.2. The summed E-state index contributed by atoms with van der Waals surface area (Å²) in [5, 5.41) is 4.63. The molecule has 3 aliphatic heterocycles. The number of benzene rings is 1. The molecule has 6 bridgehead atoms. The number of carbonyl (C=O) groups is 4. The summed E-state index contributed by atoms with van der Waals surface area (Å²) in [7, 11) is 6.59. The normalized spacial score (nSPS) is 21.9. The van der Waals surface area contributed by atoms with Crippen molar-refractivity contribution in [2.75, 3.05) is 67.4 Å². The number of hydrogen-bond acceptors (Lipinski definition) is 15. The molecule has 0 saturated carbocycles. The van der Waals surface area contributed by atoms with Gasteiger partial charge < -0.3 is 38.1 Å². The highest BCUT2D eigenvalue weighted by atomic mass is 32.2. The second-order valence-corrected chi connectivity index (χ2v) is 21.8. The molecule has 2 saturated heterocycles. The largest absolute Gasteiger partial charge is 0.463 e. The summed E-state index contributed by atoms with van der Waals surface area (Å²) < 4.78 is 74.7. The summed E-state index contributed by atoms with van der Waals surface area (Å²) >= 11 is 5.79. The molecule has 0 radical (unpaired) electrons. The lowest BCUT2D eigenvalue weighted by Crippen LogP contribution is -2.68. The lowest BCUT2D eigenvalue weighted by atomic mass is 9.84. The summed E-state index contributed by atoms with van der Waals surface area (Å²) in [4.78, 5) is 65.6. The van der Waals surface area contributed by atoms with E-state index in [1.807, 2.05) is 46.7 Å². The fourth-order valence-electron chi connectivity index (χ4n) is 8.72. The van der Waals surface area contributed by atoms with Gasteiger partial charge in [0.25, 0.3) is 17.7 Å². The summed E-state index contributed by atoms with van der Waals surface area (Å²) in [5.74, 6) is 3.35. The van der Waals surface area contributed by atoms with E-state index in [1.54, 1.807) is 54.6 Å². The number of rotatable bonds is 12. The number of cyclic esters (lactones) is 1. The van der Waals surface area contributed by atoms with Crippen LogP contribution in [0.15, 0.2) is 47.2 Å². The second-order valence-electron chi connectivity index (χ2n) is 20.0. The number of hydrogen-bond donors (Lipinski definition) is 3. The average Bonchev–Trinajstić information content (AvgIpc) is 3.90.